The summed E-state index contributed by atoms with van der Waals surface area (Å²) < 4.78 is 0. The van der Waals surface area contributed by atoms with Crippen LogP contribution in [0.3, 0.4) is 0 Å². The van der Waals surface area contributed by atoms with E-state index in [1.54, 1.807) is 0 Å². The molecule has 0 saturated carbocycles. The van der Waals surface area contributed by atoms with Crippen LogP contribution in [0, 0.1) is 41.7 Å². The largest absolute Gasteiger partial charge is 0.228 e. The molecule has 0 spiro atoms. The van der Waals surface area contributed by atoms with E-state index in [4.69, 9.17) is 9.97 Å². The van der Waals surface area contributed by atoms with Crippen LogP contribution >= 0.6 is 0 Å². The van der Waals surface area contributed by atoms with Gasteiger partial charge in [0.1, 0.15) is 0 Å². The second-order valence-electron chi connectivity index (χ2n) is 14.1. The lowest BCUT2D eigenvalue weighted by Gasteiger charge is -2.12. The summed E-state index contributed by atoms with van der Waals surface area (Å²) in [5, 5.41) is 17.3. The van der Waals surface area contributed by atoms with Crippen molar-refractivity contribution in [2.24, 2.45) is 0 Å². The van der Waals surface area contributed by atoms with Gasteiger partial charge in [-0.05, 0) is 98.3 Å². The Morgan fingerprint density at radius 2 is 0.574 bits per heavy atom. The fourth-order valence-corrected chi connectivity index (χ4v) is 8.53. The van der Waals surface area contributed by atoms with Crippen molar-refractivity contribution in [1.82, 2.24) is 9.97 Å². The second kappa shape index (κ2) is 12.2. The van der Waals surface area contributed by atoms with E-state index in [0.717, 1.165) is 28.1 Å². The lowest BCUT2D eigenvalue weighted by Crippen LogP contribution is -1.97. The number of hydrogen-bond acceptors (Lipinski definition) is 2. The molecular weight excluding hydrogens is 653 g/mol. The zero-order chi connectivity index (χ0) is 35.6. The third kappa shape index (κ3) is 4.81. The molecular formula is C52H32N2. The molecule has 0 aliphatic heterocycles. The molecule has 1 aliphatic rings. The number of rotatable bonds is 3. The Labute approximate surface area is 310 Å². The highest BCUT2D eigenvalue weighted by Gasteiger charge is 2.13. The molecule has 0 unspecified atom stereocenters. The van der Waals surface area contributed by atoms with E-state index in [-0.39, 0.29) is 0 Å². The monoisotopic (exact) mass is 684 g/mol. The molecule has 54 heavy (non-hydrogen) atoms. The second-order valence-corrected chi connectivity index (χ2v) is 14.1. The highest BCUT2D eigenvalue weighted by Crippen LogP contribution is 2.36. The molecule has 1 heterocycles. The number of benzene rings is 9. The molecule has 9 aromatic carbocycles. The Morgan fingerprint density at radius 1 is 0.222 bits per heavy atom. The van der Waals surface area contributed by atoms with Crippen molar-refractivity contribution in [3.8, 4) is 33.9 Å². The number of hydrogen-bond donors (Lipinski definition) is 0. The topological polar surface area (TPSA) is 25.8 Å². The van der Waals surface area contributed by atoms with Crippen molar-refractivity contribution < 1.29 is 0 Å². The lowest BCUT2D eigenvalue weighted by molar-refractivity contribution is 1.18. The summed E-state index contributed by atoms with van der Waals surface area (Å²) >= 11 is 0. The van der Waals surface area contributed by atoms with Crippen LogP contribution in [0.15, 0.2) is 194 Å². The van der Waals surface area contributed by atoms with Gasteiger partial charge in [0.25, 0.3) is 0 Å². The molecule has 1 aromatic heterocycles. The normalized spacial score (nSPS) is 14.4. The minimum Gasteiger partial charge on any atom is -0.228 e. The smallest absolute Gasteiger partial charge is 0.160 e. The molecule has 0 radical (unpaired) electrons. The molecule has 0 atom stereocenters. The maximum absolute atomic E-state index is 5.24. The van der Waals surface area contributed by atoms with Crippen LogP contribution in [0.4, 0.5) is 0 Å². The van der Waals surface area contributed by atoms with Gasteiger partial charge < -0.3 is 0 Å². The SMILES string of the molecule is c1ccc(-c2cc(-c3ccccc3)nc(-c3ccc4/c(c3)=c3/cc5c6ccccc6c6ccccc6c5c/c3=c3\cccc\c3=c3/cccc/c3=4)n2)cc1. The summed E-state index contributed by atoms with van der Waals surface area (Å²) in [6.07, 6.45) is 0. The zero-order valence-corrected chi connectivity index (χ0v) is 29.4. The van der Waals surface area contributed by atoms with Crippen LogP contribution in [-0.4, -0.2) is 9.97 Å². The summed E-state index contributed by atoms with van der Waals surface area (Å²) in [4.78, 5) is 10.5. The summed E-state index contributed by atoms with van der Waals surface area (Å²) in [7, 11) is 0. The summed E-state index contributed by atoms with van der Waals surface area (Å²) in [6.45, 7) is 0. The summed E-state index contributed by atoms with van der Waals surface area (Å²) in [5.74, 6) is 0.701. The van der Waals surface area contributed by atoms with Crippen LogP contribution in [-0.2, 0) is 0 Å². The number of nitrogens with zero attached hydrogens (tertiary/aromatic N) is 2. The minimum absolute atomic E-state index is 0.701. The van der Waals surface area contributed by atoms with Gasteiger partial charge in [-0.25, -0.2) is 9.97 Å². The first-order valence-electron chi connectivity index (χ1n) is 18.5. The van der Waals surface area contributed by atoms with Gasteiger partial charge in [-0.2, -0.15) is 0 Å². The van der Waals surface area contributed by atoms with Crippen LogP contribution < -0.4 is 0 Å². The highest BCUT2D eigenvalue weighted by atomic mass is 14.9. The van der Waals surface area contributed by atoms with Gasteiger partial charge in [-0.15, -0.1) is 0 Å². The van der Waals surface area contributed by atoms with Gasteiger partial charge in [0, 0.05) is 16.7 Å². The average molecular weight is 685 g/mol. The average Bonchev–Trinajstić information content (AvgIpc) is 3.26. The zero-order valence-electron chi connectivity index (χ0n) is 29.4. The Kier molecular flexibility index (Phi) is 6.90. The van der Waals surface area contributed by atoms with E-state index in [9.17, 15) is 0 Å². The molecule has 1 aliphatic carbocycles. The van der Waals surface area contributed by atoms with Gasteiger partial charge in [-0.3, -0.25) is 0 Å². The van der Waals surface area contributed by atoms with Gasteiger partial charge >= 0.3 is 0 Å². The lowest BCUT2D eigenvalue weighted by atomic mass is 9.92. The molecule has 0 N–H and O–H groups in total. The first-order chi connectivity index (χ1) is 26.8. The highest BCUT2D eigenvalue weighted by molar-refractivity contribution is 6.25. The van der Waals surface area contributed by atoms with Gasteiger partial charge in [-0.1, -0.05) is 170 Å². The van der Waals surface area contributed by atoms with Crippen LogP contribution in [0.1, 0.15) is 0 Å². The van der Waals surface area contributed by atoms with E-state index in [2.05, 4.69) is 182 Å². The molecule has 0 bridgehead atoms. The van der Waals surface area contributed by atoms with Gasteiger partial charge in [0.05, 0.1) is 11.4 Å². The van der Waals surface area contributed by atoms with Crippen LogP contribution in [0.2, 0.25) is 0 Å². The number of aromatic nitrogens is 2. The van der Waals surface area contributed by atoms with Crippen molar-refractivity contribution in [3.05, 3.63) is 236 Å². The van der Waals surface area contributed by atoms with E-state index < -0.39 is 0 Å². The van der Waals surface area contributed by atoms with E-state index in [1.807, 2.05) is 12.1 Å². The maximum atomic E-state index is 5.24. The van der Waals surface area contributed by atoms with Gasteiger partial charge in [0.15, 0.2) is 5.82 Å². The molecule has 2 heteroatoms. The fraction of sp³-hybridized carbons (Fsp3) is 0. The molecule has 11 rings (SSSR count). The quantitative estimate of drug-likeness (QED) is 0.173. The predicted octanol–water partition coefficient (Wildman–Crippen LogP) is 12.4. The molecule has 2 nitrogen and oxygen atoms in total. The third-order valence-corrected chi connectivity index (χ3v) is 11.0. The minimum atomic E-state index is 0.701. The number of fused-ring (bicyclic) bond motifs is 10. The van der Waals surface area contributed by atoms with E-state index in [0.29, 0.717) is 5.82 Å². The Morgan fingerprint density at radius 3 is 1.06 bits per heavy atom. The molecule has 250 valence electrons. The summed E-state index contributed by atoms with van der Waals surface area (Å²) in [5.41, 5.74) is 4.90. The van der Waals surface area contributed by atoms with Crippen molar-refractivity contribution >= 4 is 32.3 Å². The standard InChI is InChI=1S/C52H32N2/c1-3-15-33(16-4-1)50-32-51(34-17-5-2-6-18-34)54-52(53-50)35-27-28-44-40-23-8-7-19-36(40)37-20-9-14-26-43(37)48-30-46-41-24-12-10-21-38(41)39-22-11-13-25-42(39)47(46)31-49(48)45(44)29-35/h1-32H/b37-36-,44-40-,48-43-,49-45-. The predicted molar refractivity (Wildman–Crippen MR) is 221 cm³/mol. The fourth-order valence-electron chi connectivity index (χ4n) is 8.53. The van der Waals surface area contributed by atoms with Crippen LogP contribution in [0.5, 0.6) is 0 Å². The molecule has 0 saturated heterocycles. The van der Waals surface area contributed by atoms with Crippen molar-refractivity contribution in [2.75, 3.05) is 0 Å². The maximum Gasteiger partial charge on any atom is 0.160 e. The van der Waals surface area contributed by atoms with Gasteiger partial charge in [0.2, 0.25) is 0 Å². The van der Waals surface area contributed by atoms with E-state index in [1.165, 1.54) is 74.1 Å². The Hall–Kier alpha value is -7.16. The molecule has 0 amide bonds. The van der Waals surface area contributed by atoms with Crippen LogP contribution in [0.25, 0.3) is 66.2 Å². The van der Waals surface area contributed by atoms with E-state index >= 15 is 0 Å². The van der Waals surface area contributed by atoms with Crippen molar-refractivity contribution in [2.45, 2.75) is 0 Å². The molecule has 0 fully saturated rings. The first kappa shape index (κ1) is 30.5. The first-order valence-corrected chi connectivity index (χ1v) is 18.5. The summed E-state index contributed by atoms with van der Waals surface area (Å²) in [6, 6.07) is 70.0. The Bertz CT molecular complexity index is 3490. The van der Waals surface area contributed by atoms with Crippen molar-refractivity contribution in [3.63, 3.8) is 0 Å². The Balaban J connectivity index is 1.36. The third-order valence-electron chi connectivity index (χ3n) is 11.0. The van der Waals surface area contributed by atoms with Crippen molar-refractivity contribution in [1.29, 1.82) is 0 Å². The molecule has 10 aromatic rings.